The Morgan fingerprint density at radius 3 is 1.44 bits per heavy atom. The van der Waals surface area contributed by atoms with E-state index in [2.05, 4.69) is 23.7 Å². The number of piperazine rings is 1. The molecular formula is C49H97N13O18P4. The zero-order valence-electron chi connectivity index (χ0n) is 51.5. The lowest BCUT2D eigenvalue weighted by Gasteiger charge is -2.45. The Kier molecular flexibility index (Phi) is 27.3. The quantitative estimate of drug-likeness (QED) is 0.0824. The summed E-state index contributed by atoms with van der Waals surface area (Å²) in [5.74, 6) is -0.00717. The zero-order valence-corrected chi connectivity index (χ0v) is 55.1. The third kappa shape index (κ3) is 18.8. The highest BCUT2D eigenvalue weighted by Crippen LogP contribution is 2.58. The van der Waals surface area contributed by atoms with Crippen LogP contribution in [0.15, 0.2) is 17.1 Å². The second-order valence-corrected chi connectivity index (χ2v) is 33.1. The van der Waals surface area contributed by atoms with E-state index in [4.69, 9.17) is 62.1 Å². The van der Waals surface area contributed by atoms with Gasteiger partial charge in [0.15, 0.2) is 6.23 Å². The first-order valence-corrected chi connectivity index (χ1v) is 34.8. The second-order valence-electron chi connectivity index (χ2n) is 22.7. The van der Waals surface area contributed by atoms with Gasteiger partial charge >= 0.3 is 42.5 Å². The van der Waals surface area contributed by atoms with Gasteiger partial charge in [-0.05, 0) is 97.1 Å². The monoisotopic (exact) mass is 1280 g/mol. The number of morpholine rings is 4. The van der Waals surface area contributed by atoms with Gasteiger partial charge in [0.05, 0.1) is 109 Å². The van der Waals surface area contributed by atoms with Crippen LogP contribution in [-0.4, -0.2) is 318 Å². The molecule has 1 amide bonds. The third-order valence-corrected chi connectivity index (χ3v) is 25.0. The molecule has 31 nitrogen and oxygen atoms in total. The van der Waals surface area contributed by atoms with Crippen LogP contribution in [0.1, 0.15) is 40.8 Å². The van der Waals surface area contributed by atoms with Crippen LogP contribution in [-0.2, 0) is 69.5 Å². The number of rotatable bonds is 30. The molecule has 35 heteroatoms. The van der Waals surface area contributed by atoms with Crippen LogP contribution in [0.4, 0.5) is 10.6 Å². The van der Waals surface area contributed by atoms with E-state index in [1.807, 2.05) is 20.8 Å². The number of nitrogens with zero attached hydrogens (tertiary/aromatic N) is 12. The molecule has 5 fully saturated rings. The number of aromatic nitrogens is 2. The normalized spacial score (nSPS) is 28.9. The molecule has 1 aromatic heterocycles. The standard InChI is InChI=1S/C49H97N13O18P4/c1-38(2)57-26-39(3)77-42(29-57)34-74-82(67,53(8)9)59-27-40(4)78-43(30-59)35-75-83(68,54(10)11)60-28-41(5)79-44(31-60)36-76-84(69,55(12)13)61-32-45(80-47(33-61)62-15-14-46(50)51-48(62)64)37-73-81(66,52(6)7)58-18-16-56(17-19-58)49(65)72-25-24-71-23-22-70-21-20-63/h14-15,38-45,47,63H,16-37H2,1-13H3,(H2,50,51,64)/t39-,40-,41-,42-,43-,44-,45-,47+,81?,82?,83?,84?/m0/s1. The molecule has 4 unspecified atom stereocenters. The van der Waals surface area contributed by atoms with Crippen molar-refractivity contribution in [2.24, 2.45) is 0 Å². The van der Waals surface area contributed by atoms with Gasteiger partial charge in [0.1, 0.15) is 12.4 Å². The van der Waals surface area contributed by atoms with Crippen LogP contribution < -0.4 is 11.4 Å². The lowest BCUT2D eigenvalue weighted by molar-refractivity contribution is -0.121. The first-order valence-electron chi connectivity index (χ1n) is 28.7. The van der Waals surface area contributed by atoms with Crippen LogP contribution in [0.2, 0.25) is 0 Å². The number of amides is 1. The van der Waals surface area contributed by atoms with Crippen molar-refractivity contribution in [3.63, 3.8) is 0 Å². The number of nitrogen functional groups attached to an aromatic ring is 1. The summed E-state index contributed by atoms with van der Waals surface area (Å²) < 4.78 is 141. The molecule has 3 N–H and O–H groups in total. The van der Waals surface area contributed by atoms with E-state index in [0.717, 1.165) is 6.54 Å². The largest absolute Gasteiger partial charge is 0.447 e. The molecule has 6 rings (SSSR count). The maximum absolute atomic E-state index is 15.5. The first kappa shape index (κ1) is 71.1. The highest BCUT2D eigenvalue weighted by molar-refractivity contribution is 7.54. The Hall–Kier alpha value is -1.93. The third-order valence-electron chi connectivity index (χ3n) is 14.7. The highest BCUT2D eigenvalue weighted by Gasteiger charge is 2.48. The first-order chi connectivity index (χ1) is 39.6. The molecule has 12 atom stereocenters. The summed E-state index contributed by atoms with van der Waals surface area (Å²) in [5, 5.41) is 8.83. The molecule has 0 aromatic carbocycles. The summed E-state index contributed by atoms with van der Waals surface area (Å²) >= 11 is 0. The van der Waals surface area contributed by atoms with Gasteiger partial charge in [-0.15, -0.1) is 0 Å². The number of hydrogen-bond donors (Lipinski definition) is 2. The van der Waals surface area contributed by atoms with Crippen molar-refractivity contribution in [3.8, 4) is 0 Å². The van der Waals surface area contributed by atoms with Crippen molar-refractivity contribution < 1.29 is 79.4 Å². The Morgan fingerprint density at radius 2 is 1.00 bits per heavy atom. The number of aliphatic hydroxyl groups excluding tert-OH is 1. The lowest BCUT2D eigenvalue weighted by Crippen LogP contribution is -2.52. The lowest BCUT2D eigenvalue weighted by atomic mass is 10.2. The topological polar surface area (TPSA) is 300 Å². The van der Waals surface area contributed by atoms with Gasteiger partial charge in [-0.25, -0.2) is 47.0 Å². The van der Waals surface area contributed by atoms with E-state index in [0.29, 0.717) is 25.7 Å². The van der Waals surface area contributed by atoms with Gasteiger partial charge in [0, 0.05) is 84.2 Å². The Bertz CT molecular complexity index is 2490. The molecule has 0 radical (unpaired) electrons. The fourth-order valence-corrected chi connectivity index (χ4v) is 18.6. The van der Waals surface area contributed by atoms with E-state index in [1.54, 1.807) is 79.7 Å². The van der Waals surface area contributed by atoms with Gasteiger partial charge in [-0.2, -0.15) is 4.98 Å². The molecule has 0 spiro atoms. The number of nitrogens with two attached hydrogens (primary N) is 1. The van der Waals surface area contributed by atoms with Gasteiger partial charge < -0.3 is 67.0 Å². The van der Waals surface area contributed by atoms with Gasteiger partial charge in [0.25, 0.3) is 0 Å². The van der Waals surface area contributed by atoms with E-state index in [1.165, 1.54) is 35.7 Å². The molecule has 0 aliphatic carbocycles. The molecule has 486 valence electrons. The number of hydrogen-bond acceptors (Lipinski definition) is 21. The minimum Gasteiger partial charge on any atom is -0.447 e. The van der Waals surface area contributed by atoms with E-state index < -0.39 is 73.1 Å². The molecule has 5 aliphatic rings. The molecule has 6 heterocycles. The van der Waals surface area contributed by atoms with Crippen molar-refractivity contribution in [1.29, 1.82) is 0 Å². The molecular weight excluding hydrogens is 1180 g/mol. The Labute approximate surface area is 496 Å². The van der Waals surface area contributed by atoms with E-state index in [-0.39, 0.29) is 142 Å². The SMILES string of the molecule is CC(C)N1C[C@@H](COP(=O)(N(C)C)N2C[C@@H](COP(=O)(N(C)C)N3C[C@@H](COP(=O)(N(C)C)N4C[C@@H](COP(=O)(N(C)C)N5CCN(C(=O)OCCOCCOCCO)CC5)O[C@@H](n5ccc(N)nc5=O)C4)O[C@@H](C)C3)O[C@@H](C)C2)O[C@@H](C)C1. The molecule has 0 saturated carbocycles. The number of aliphatic hydroxyl groups is 1. The molecule has 0 bridgehead atoms. The summed E-state index contributed by atoms with van der Waals surface area (Å²) in [5.41, 5.74) is 5.15. The fraction of sp³-hybridized carbons (Fsp3) is 0.898. The summed E-state index contributed by atoms with van der Waals surface area (Å²) in [7, 11) is -2.00. The average molecular weight is 1280 g/mol. The van der Waals surface area contributed by atoms with E-state index in [9.17, 15) is 18.7 Å². The summed E-state index contributed by atoms with van der Waals surface area (Å²) in [4.78, 5) is 34.0. The fourth-order valence-electron chi connectivity index (χ4n) is 10.4. The zero-order chi connectivity index (χ0) is 61.7. The minimum atomic E-state index is -4.05. The van der Waals surface area contributed by atoms with Crippen molar-refractivity contribution in [1.82, 2.24) is 56.7 Å². The van der Waals surface area contributed by atoms with Gasteiger partial charge in [0.2, 0.25) is 0 Å². The van der Waals surface area contributed by atoms with Crippen molar-refractivity contribution >= 4 is 42.6 Å². The minimum absolute atomic E-state index is 0.00241. The Balaban J connectivity index is 1.10. The molecule has 1 aromatic rings. The molecule has 5 aliphatic heterocycles. The van der Waals surface area contributed by atoms with Crippen LogP contribution in [0.5, 0.6) is 0 Å². The van der Waals surface area contributed by atoms with Gasteiger partial charge in [-0.3, -0.25) is 27.7 Å². The summed E-state index contributed by atoms with van der Waals surface area (Å²) in [6.07, 6.45) is -3.64. The maximum atomic E-state index is 15.5. The van der Waals surface area contributed by atoms with Crippen LogP contribution in [0, 0.1) is 0 Å². The predicted octanol–water partition coefficient (Wildman–Crippen LogP) is 2.23. The second kappa shape index (κ2) is 32.2. The van der Waals surface area contributed by atoms with E-state index >= 15 is 9.13 Å². The predicted molar refractivity (Wildman–Crippen MR) is 313 cm³/mol. The number of carbonyl (C=O) groups excluding carboxylic acids is 1. The summed E-state index contributed by atoms with van der Waals surface area (Å²) in [6, 6.07) is 1.76. The number of anilines is 1. The van der Waals surface area contributed by atoms with Crippen molar-refractivity contribution in [2.45, 2.75) is 89.6 Å². The highest BCUT2D eigenvalue weighted by atomic mass is 31.2. The van der Waals surface area contributed by atoms with Gasteiger partial charge in [-0.1, -0.05) is 0 Å². The van der Waals surface area contributed by atoms with Crippen molar-refractivity contribution in [3.05, 3.63) is 22.7 Å². The van der Waals surface area contributed by atoms with Crippen LogP contribution in [0.25, 0.3) is 0 Å². The van der Waals surface area contributed by atoms with Crippen molar-refractivity contribution in [2.75, 3.05) is 207 Å². The number of carbonyl (C=O) groups is 1. The van der Waals surface area contributed by atoms with Crippen LogP contribution >= 0.6 is 30.7 Å². The van der Waals surface area contributed by atoms with Crippen LogP contribution in [0.3, 0.4) is 0 Å². The summed E-state index contributed by atoms with van der Waals surface area (Å²) in [6.45, 7) is 13.3. The Morgan fingerprint density at radius 1 is 0.595 bits per heavy atom. The number of ether oxygens (including phenoxy) is 7. The maximum Gasteiger partial charge on any atom is 0.409 e. The smallest absolute Gasteiger partial charge is 0.409 e. The molecule has 5 saturated heterocycles. The average Bonchev–Trinajstić information content (AvgIpc) is 2.34. The molecule has 84 heavy (non-hydrogen) atoms.